The average molecular weight is 267 g/mol. The Labute approximate surface area is 116 Å². The minimum absolute atomic E-state index is 0.0402. The van der Waals surface area contributed by atoms with Gasteiger partial charge in [-0.2, -0.15) is 0 Å². The van der Waals surface area contributed by atoms with Gasteiger partial charge in [0.25, 0.3) is 0 Å². The molecular formula is C15H29N3O. The number of hydrogen-bond donors (Lipinski definition) is 3. The lowest BCUT2D eigenvalue weighted by atomic mass is 9.70. The van der Waals surface area contributed by atoms with Gasteiger partial charge >= 0.3 is 6.03 Å². The molecule has 2 saturated carbocycles. The molecule has 2 rings (SSSR count). The maximum absolute atomic E-state index is 11.8. The van der Waals surface area contributed by atoms with Crippen molar-refractivity contribution in [3.05, 3.63) is 0 Å². The highest BCUT2D eigenvalue weighted by atomic mass is 16.2. The number of rotatable bonds is 3. The zero-order valence-corrected chi connectivity index (χ0v) is 12.4. The van der Waals surface area contributed by atoms with Crippen LogP contribution in [0.25, 0.3) is 0 Å². The molecule has 0 radical (unpaired) electrons. The van der Waals surface area contributed by atoms with E-state index in [2.05, 4.69) is 24.5 Å². The largest absolute Gasteiger partial charge is 0.336 e. The molecule has 2 fully saturated rings. The Balaban J connectivity index is 1.70. The Morgan fingerprint density at radius 2 is 1.74 bits per heavy atom. The fourth-order valence-electron chi connectivity index (χ4n) is 3.16. The minimum Gasteiger partial charge on any atom is -0.336 e. The van der Waals surface area contributed by atoms with Crippen LogP contribution in [-0.4, -0.2) is 24.2 Å². The number of carbonyl (C=O) groups excluding carboxylic acids is 1. The third-order valence-electron chi connectivity index (χ3n) is 4.89. The zero-order chi connectivity index (χ0) is 13.9. The van der Waals surface area contributed by atoms with Crippen LogP contribution < -0.4 is 16.4 Å². The van der Waals surface area contributed by atoms with Crippen molar-refractivity contribution >= 4 is 6.03 Å². The molecule has 0 heterocycles. The van der Waals surface area contributed by atoms with Crippen molar-refractivity contribution in [2.45, 2.75) is 76.8 Å². The Morgan fingerprint density at radius 1 is 1.16 bits per heavy atom. The van der Waals surface area contributed by atoms with Crippen LogP contribution in [0.4, 0.5) is 4.79 Å². The lowest BCUT2D eigenvalue weighted by molar-refractivity contribution is 0.162. The number of nitrogens with one attached hydrogen (secondary N) is 2. The fourth-order valence-corrected chi connectivity index (χ4v) is 3.16. The van der Waals surface area contributed by atoms with Gasteiger partial charge in [0, 0.05) is 18.1 Å². The smallest absolute Gasteiger partial charge is 0.315 e. The molecule has 0 aromatic rings. The van der Waals surface area contributed by atoms with Crippen molar-refractivity contribution in [2.75, 3.05) is 6.54 Å². The van der Waals surface area contributed by atoms with Gasteiger partial charge in [-0.3, -0.25) is 0 Å². The van der Waals surface area contributed by atoms with Crippen molar-refractivity contribution < 1.29 is 4.79 Å². The molecule has 4 nitrogen and oxygen atoms in total. The molecule has 19 heavy (non-hydrogen) atoms. The number of carbonyl (C=O) groups is 1. The Bertz CT molecular complexity index is 311. The molecule has 110 valence electrons. The first-order valence-corrected chi connectivity index (χ1v) is 7.72. The topological polar surface area (TPSA) is 67.1 Å². The highest BCUT2D eigenvalue weighted by Crippen LogP contribution is 2.38. The standard InChI is InChI=1S/C15H29N3O/c1-14(2)7-9-15(16,10-8-14)11-17-13(19)18-12-5-3-4-6-12/h12H,3-11,16H2,1-2H3,(H2,17,18,19). The average Bonchev–Trinajstić information content (AvgIpc) is 2.84. The molecule has 0 aliphatic heterocycles. The van der Waals surface area contributed by atoms with Gasteiger partial charge in [0.1, 0.15) is 0 Å². The SMILES string of the molecule is CC1(C)CCC(N)(CNC(=O)NC2CCCC2)CC1. The van der Waals surface area contributed by atoms with Gasteiger partial charge in [-0.05, 0) is 43.9 Å². The first kappa shape index (κ1) is 14.6. The molecule has 0 atom stereocenters. The molecule has 2 aliphatic rings. The van der Waals surface area contributed by atoms with Crippen molar-refractivity contribution in [1.29, 1.82) is 0 Å². The maximum atomic E-state index is 11.8. The zero-order valence-electron chi connectivity index (χ0n) is 12.4. The van der Waals surface area contributed by atoms with E-state index in [-0.39, 0.29) is 11.6 Å². The van der Waals surface area contributed by atoms with Crippen molar-refractivity contribution in [1.82, 2.24) is 10.6 Å². The van der Waals surface area contributed by atoms with Crippen molar-refractivity contribution in [3.63, 3.8) is 0 Å². The number of urea groups is 1. The molecule has 2 amide bonds. The number of nitrogens with two attached hydrogens (primary N) is 1. The van der Waals surface area contributed by atoms with Crippen LogP contribution in [-0.2, 0) is 0 Å². The van der Waals surface area contributed by atoms with Gasteiger partial charge in [-0.1, -0.05) is 26.7 Å². The second-order valence-electron chi connectivity index (χ2n) is 7.33. The van der Waals surface area contributed by atoms with Crippen LogP contribution in [0.2, 0.25) is 0 Å². The van der Waals surface area contributed by atoms with E-state index in [1.807, 2.05) is 0 Å². The summed E-state index contributed by atoms with van der Waals surface area (Å²) in [6.45, 7) is 5.20. The predicted octanol–water partition coefficient (Wildman–Crippen LogP) is 2.53. The molecule has 4 heteroatoms. The molecule has 0 aromatic heterocycles. The van der Waals surface area contributed by atoms with Gasteiger partial charge in [0.2, 0.25) is 0 Å². The number of hydrogen-bond acceptors (Lipinski definition) is 2. The molecule has 0 spiro atoms. The quantitative estimate of drug-likeness (QED) is 0.735. The van der Waals surface area contributed by atoms with Gasteiger partial charge in [0.05, 0.1) is 0 Å². The van der Waals surface area contributed by atoms with E-state index in [1.165, 1.54) is 12.8 Å². The molecular weight excluding hydrogens is 238 g/mol. The van der Waals surface area contributed by atoms with Crippen LogP contribution in [0.5, 0.6) is 0 Å². The van der Waals surface area contributed by atoms with Crippen LogP contribution in [0.1, 0.15) is 65.2 Å². The Hall–Kier alpha value is -0.770. The van der Waals surface area contributed by atoms with Crippen LogP contribution in [0.3, 0.4) is 0 Å². The lowest BCUT2D eigenvalue weighted by Gasteiger charge is -2.41. The van der Waals surface area contributed by atoms with Crippen molar-refractivity contribution in [2.24, 2.45) is 11.1 Å². The van der Waals surface area contributed by atoms with Crippen molar-refractivity contribution in [3.8, 4) is 0 Å². The summed E-state index contributed by atoms with van der Waals surface area (Å²) >= 11 is 0. The summed E-state index contributed by atoms with van der Waals surface area (Å²) in [7, 11) is 0. The first-order chi connectivity index (χ1) is 8.89. The van der Waals surface area contributed by atoms with E-state index in [4.69, 9.17) is 5.73 Å². The second kappa shape index (κ2) is 5.70. The second-order valence-corrected chi connectivity index (χ2v) is 7.33. The summed E-state index contributed by atoms with van der Waals surface area (Å²) in [6.07, 6.45) is 9.02. The molecule has 0 aromatic carbocycles. The van der Waals surface area contributed by atoms with Gasteiger partial charge in [-0.25, -0.2) is 4.79 Å². The first-order valence-electron chi connectivity index (χ1n) is 7.72. The normalized spacial score (nSPS) is 26.1. The summed E-state index contributed by atoms with van der Waals surface area (Å²) in [5.41, 5.74) is 6.60. The summed E-state index contributed by atoms with van der Waals surface area (Å²) in [6, 6.07) is 0.334. The Kier molecular flexibility index (Phi) is 4.39. The van der Waals surface area contributed by atoms with E-state index in [0.29, 0.717) is 18.0 Å². The fraction of sp³-hybridized carbons (Fsp3) is 0.933. The maximum Gasteiger partial charge on any atom is 0.315 e. The molecule has 4 N–H and O–H groups in total. The lowest BCUT2D eigenvalue weighted by Crippen LogP contribution is -2.55. The van der Waals surface area contributed by atoms with Crippen LogP contribution in [0, 0.1) is 5.41 Å². The predicted molar refractivity (Wildman–Crippen MR) is 78.0 cm³/mol. The molecule has 0 unspecified atom stereocenters. The molecule has 2 aliphatic carbocycles. The summed E-state index contributed by atoms with van der Waals surface area (Å²) < 4.78 is 0. The third-order valence-corrected chi connectivity index (χ3v) is 4.89. The summed E-state index contributed by atoms with van der Waals surface area (Å²) in [5, 5.41) is 6.02. The van der Waals surface area contributed by atoms with E-state index in [0.717, 1.165) is 38.5 Å². The Morgan fingerprint density at radius 3 is 2.32 bits per heavy atom. The third kappa shape index (κ3) is 4.37. The monoisotopic (exact) mass is 267 g/mol. The molecule has 0 saturated heterocycles. The van der Waals surface area contributed by atoms with E-state index in [1.54, 1.807) is 0 Å². The van der Waals surface area contributed by atoms with Crippen LogP contribution in [0.15, 0.2) is 0 Å². The summed E-state index contributed by atoms with van der Waals surface area (Å²) in [4.78, 5) is 11.8. The van der Waals surface area contributed by atoms with Gasteiger partial charge in [0.15, 0.2) is 0 Å². The van der Waals surface area contributed by atoms with Gasteiger partial charge in [-0.15, -0.1) is 0 Å². The van der Waals surface area contributed by atoms with E-state index in [9.17, 15) is 4.79 Å². The molecule has 0 bridgehead atoms. The highest BCUT2D eigenvalue weighted by Gasteiger charge is 2.35. The minimum atomic E-state index is -0.206. The number of amides is 2. The summed E-state index contributed by atoms with van der Waals surface area (Å²) in [5.74, 6) is 0. The van der Waals surface area contributed by atoms with E-state index < -0.39 is 0 Å². The van der Waals surface area contributed by atoms with E-state index >= 15 is 0 Å². The van der Waals surface area contributed by atoms with Crippen LogP contribution >= 0.6 is 0 Å². The highest BCUT2D eigenvalue weighted by molar-refractivity contribution is 5.74. The van der Waals surface area contributed by atoms with Gasteiger partial charge < -0.3 is 16.4 Å².